The van der Waals surface area contributed by atoms with Gasteiger partial charge >= 0.3 is 0 Å². The maximum atomic E-state index is 13.6. The summed E-state index contributed by atoms with van der Waals surface area (Å²) in [5.41, 5.74) is 8.59. The average Bonchev–Trinajstić information content (AvgIpc) is 3.36. The topological polar surface area (TPSA) is 137 Å². The van der Waals surface area contributed by atoms with Gasteiger partial charge in [0.15, 0.2) is 23.2 Å². The Hall–Kier alpha value is -5.30. The first-order valence-corrected chi connectivity index (χ1v) is 13.9. The minimum absolute atomic E-state index is 0.0490. The number of nitrogen functional groups attached to an aromatic ring is 1. The number of ketones is 1. The number of nitrogens with two attached hydrogens (primary N) is 1. The number of nitrogens with zero attached hydrogens (tertiary/aromatic N) is 7. The molecule has 0 saturated carbocycles. The summed E-state index contributed by atoms with van der Waals surface area (Å²) in [5, 5.41) is 7.61. The van der Waals surface area contributed by atoms with Gasteiger partial charge in [-0.05, 0) is 74.5 Å². The Morgan fingerprint density at radius 3 is 2.52 bits per heavy atom. The highest BCUT2D eigenvalue weighted by atomic mass is 19.2. The Morgan fingerprint density at radius 1 is 1.00 bits per heavy atom. The van der Waals surface area contributed by atoms with Crippen LogP contribution in [0.15, 0.2) is 78.0 Å². The largest absolute Gasteiger partial charge is 0.368 e. The number of anilines is 3. The molecule has 5 rings (SSSR count). The first-order valence-electron chi connectivity index (χ1n) is 13.9. The number of carbonyl (C=O) groups excluding carboxylic acids is 1. The van der Waals surface area contributed by atoms with Crippen molar-refractivity contribution in [3.8, 4) is 5.82 Å². The summed E-state index contributed by atoms with van der Waals surface area (Å²) in [6.07, 6.45) is 3.46. The molecule has 11 nitrogen and oxygen atoms in total. The lowest BCUT2D eigenvalue weighted by Gasteiger charge is -2.10. The van der Waals surface area contributed by atoms with E-state index in [0.717, 1.165) is 24.4 Å². The number of nitrogens with one attached hydrogen (secondary N) is 1. The zero-order valence-electron chi connectivity index (χ0n) is 24.2. The fourth-order valence-electron chi connectivity index (χ4n) is 4.61. The molecule has 5 aromatic rings. The maximum Gasteiger partial charge on any atom is 0.264 e. The van der Waals surface area contributed by atoms with Crippen LogP contribution >= 0.6 is 0 Å². The van der Waals surface area contributed by atoms with Gasteiger partial charge in [-0.15, -0.1) is 5.10 Å². The van der Waals surface area contributed by atoms with E-state index in [2.05, 4.69) is 30.3 Å². The molecule has 0 bridgehead atoms. The van der Waals surface area contributed by atoms with E-state index in [0.29, 0.717) is 35.9 Å². The Kier molecular flexibility index (Phi) is 9.15. The molecule has 13 heteroatoms. The molecule has 0 fully saturated rings. The number of pyridine rings is 1. The summed E-state index contributed by atoms with van der Waals surface area (Å²) >= 11 is 0. The van der Waals surface area contributed by atoms with Crippen molar-refractivity contribution in [3.05, 3.63) is 118 Å². The second-order valence-electron chi connectivity index (χ2n) is 10.5. The minimum atomic E-state index is -1.02. The van der Waals surface area contributed by atoms with Gasteiger partial charge in [-0.1, -0.05) is 24.3 Å². The van der Waals surface area contributed by atoms with Gasteiger partial charge in [0.1, 0.15) is 5.56 Å². The molecule has 0 radical (unpaired) electrons. The van der Waals surface area contributed by atoms with Gasteiger partial charge in [-0.3, -0.25) is 14.2 Å². The lowest BCUT2D eigenvalue weighted by molar-refractivity contribution is 0.0977. The predicted octanol–water partition coefficient (Wildman–Crippen LogP) is 4.14. The van der Waals surface area contributed by atoms with Gasteiger partial charge in [0.2, 0.25) is 11.9 Å². The van der Waals surface area contributed by atoms with Crippen LogP contribution < -0.4 is 16.6 Å². The second-order valence-corrected chi connectivity index (χ2v) is 10.5. The summed E-state index contributed by atoms with van der Waals surface area (Å²) in [7, 11) is 4.03. The van der Waals surface area contributed by atoms with Crippen molar-refractivity contribution in [2.45, 2.75) is 32.4 Å². The Labute approximate surface area is 252 Å². The van der Waals surface area contributed by atoms with Crippen molar-refractivity contribution in [3.63, 3.8) is 0 Å². The van der Waals surface area contributed by atoms with Gasteiger partial charge in [0, 0.05) is 30.5 Å². The quantitative estimate of drug-likeness (QED) is 0.203. The van der Waals surface area contributed by atoms with Crippen LogP contribution in [0.1, 0.15) is 40.0 Å². The standard InChI is InChI=1S/C31H31F2N9O2/c1-40(2)17-20-9-12-23(13-10-20)37-31-38-30(34)42(39-31)28-8-4-6-22(36-28)5-3-7-27(43)24-16-35-19-41(29(24)44)18-21-11-14-25(32)26(33)15-21/h4,6,8-16,19H,3,5,7,17-18H2,1-2H3,(H3,34,37,38,39). The molecule has 3 aromatic heterocycles. The molecule has 0 unspecified atom stereocenters. The SMILES string of the molecule is CN(C)Cc1ccc(Nc2nc(N)n(-c3cccc(CCCC(=O)c4cncn(Cc5ccc(F)c(F)c5)c4=O)n3)n2)cc1. The van der Waals surface area contributed by atoms with Crippen LogP contribution in [0, 0.1) is 11.6 Å². The molecule has 0 saturated heterocycles. The smallest absolute Gasteiger partial charge is 0.264 e. The summed E-state index contributed by atoms with van der Waals surface area (Å²) in [6, 6.07) is 16.7. The first-order chi connectivity index (χ1) is 21.2. The third-order valence-corrected chi connectivity index (χ3v) is 6.73. The van der Waals surface area contributed by atoms with Crippen molar-refractivity contribution < 1.29 is 13.6 Å². The second kappa shape index (κ2) is 13.3. The maximum absolute atomic E-state index is 13.6. The minimum Gasteiger partial charge on any atom is -0.368 e. The number of hydrogen-bond acceptors (Lipinski definition) is 9. The number of aryl methyl sites for hydroxylation is 1. The third-order valence-electron chi connectivity index (χ3n) is 6.73. The number of rotatable bonds is 12. The molecule has 44 heavy (non-hydrogen) atoms. The van der Waals surface area contributed by atoms with Gasteiger partial charge in [-0.2, -0.15) is 9.67 Å². The molecule has 0 atom stereocenters. The Bertz CT molecular complexity index is 1840. The number of carbonyl (C=O) groups is 1. The van der Waals surface area contributed by atoms with E-state index in [1.807, 2.05) is 50.5 Å². The monoisotopic (exact) mass is 599 g/mol. The molecule has 0 aliphatic rings. The Morgan fingerprint density at radius 2 is 1.77 bits per heavy atom. The molecule has 0 aliphatic carbocycles. The van der Waals surface area contributed by atoms with E-state index in [1.54, 1.807) is 6.07 Å². The van der Waals surface area contributed by atoms with Crippen molar-refractivity contribution in [1.82, 2.24) is 34.2 Å². The summed E-state index contributed by atoms with van der Waals surface area (Å²) in [4.78, 5) is 40.8. The van der Waals surface area contributed by atoms with Crippen LogP contribution in [0.25, 0.3) is 5.82 Å². The van der Waals surface area contributed by atoms with Crippen LogP contribution in [-0.4, -0.2) is 54.1 Å². The summed E-state index contributed by atoms with van der Waals surface area (Å²) in [5.74, 6) is -1.41. The normalized spacial score (nSPS) is 11.2. The van der Waals surface area contributed by atoms with Crippen molar-refractivity contribution in [2.24, 2.45) is 0 Å². The molecule has 0 aliphatic heterocycles. The van der Waals surface area contributed by atoms with Gasteiger partial charge in [0.05, 0.1) is 12.9 Å². The lowest BCUT2D eigenvalue weighted by Crippen LogP contribution is -2.27. The van der Waals surface area contributed by atoms with E-state index in [9.17, 15) is 18.4 Å². The van der Waals surface area contributed by atoms with E-state index in [-0.39, 0.29) is 30.3 Å². The number of Topliss-reactive ketones (excluding diaryl/α,β-unsaturated/α-hetero) is 1. The zero-order chi connectivity index (χ0) is 31.2. The zero-order valence-corrected chi connectivity index (χ0v) is 24.2. The van der Waals surface area contributed by atoms with Crippen LogP contribution in [0.5, 0.6) is 0 Å². The lowest BCUT2D eigenvalue weighted by atomic mass is 10.1. The van der Waals surface area contributed by atoms with Gasteiger partial charge < -0.3 is 16.0 Å². The van der Waals surface area contributed by atoms with Crippen LogP contribution in [0.3, 0.4) is 0 Å². The van der Waals surface area contributed by atoms with Gasteiger partial charge in [0.25, 0.3) is 5.56 Å². The fourth-order valence-corrected chi connectivity index (χ4v) is 4.61. The van der Waals surface area contributed by atoms with E-state index in [4.69, 9.17) is 5.73 Å². The summed E-state index contributed by atoms with van der Waals surface area (Å²) < 4.78 is 29.4. The van der Waals surface area contributed by atoms with Crippen LogP contribution in [0.2, 0.25) is 0 Å². The van der Waals surface area contributed by atoms with Gasteiger partial charge in [-0.25, -0.2) is 18.7 Å². The third kappa shape index (κ3) is 7.36. The average molecular weight is 600 g/mol. The number of hydrogen-bond donors (Lipinski definition) is 2. The van der Waals surface area contributed by atoms with E-state index >= 15 is 0 Å². The predicted molar refractivity (Wildman–Crippen MR) is 162 cm³/mol. The molecular weight excluding hydrogens is 568 g/mol. The molecule has 226 valence electrons. The molecule has 0 spiro atoms. The van der Waals surface area contributed by atoms with Crippen LogP contribution in [-0.2, 0) is 19.5 Å². The number of halogens is 2. The molecule has 2 aromatic carbocycles. The van der Waals surface area contributed by atoms with E-state index < -0.39 is 17.2 Å². The first kappa shape index (κ1) is 30.2. The summed E-state index contributed by atoms with van der Waals surface area (Å²) in [6.45, 7) is 0.786. The van der Waals surface area contributed by atoms with E-state index in [1.165, 1.54) is 33.4 Å². The molecule has 3 heterocycles. The van der Waals surface area contributed by atoms with Crippen molar-refractivity contribution in [2.75, 3.05) is 25.1 Å². The molecule has 0 amide bonds. The van der Waals surface area contributed by atoms with Crippen molar-refractivity contribution in [1.29, 1.82) is 0 Å². The highest BCUT2D eigenvalue weighted by molar-refractivity contribution is 5.95. The highest BCUT2D eigenvalue weighted by Crippen LogP contribution is 2.19. The molecular formula is C31H31F2N9O2. The number of benzene rings is 2. The van der Waals surface area contributed by atoms with Crippen molar-refractivity contribution >= 4 is 23.4 Å². The Balaban J connectivity index is 1.20. The molecule has 3 N–H and O–H groups in total. The fraction of sp³-hybridized carbons (Fsp3) is 0.226. The number of aromatic nitrogens is 6. The highest BCUT2D eigenvalue weighted by Gasteiger charge is 2.15. The van der Waals surface area contributed by atoms with Crippen LogP contribution in [0.4, 0.5) is 26.4 Å².